The first-order valence-corrected chi connectivity index (χ1v) is 33.0. The summed E-state index contributed by atoms with van der Waals surface area (Å²) in [5, 5.41) is 23.9. The van der Waals surface area contributed by atoms with E-state index in [0.717, 1.165) is 22.8 Å². The highest BCUT2D eigenvalue weighted by Gasteiger charge is 2.33. The summed E-state index contributed by atoms with van der Waals surface area (Å²) >= 11 is 14.6. The Hall–Kier alpha value is -9.91. The van der Waals surface area contributed by atoms with E-state index in [2.05, 4.69) is 31.2 Å². The Bertz CT molecular complexity index is 3930. The van der Waals surface area contributed by atoms with Crippen LogP contribution in [0.4, 0.5) is 8.78 Å². The lowest BCUT2D eigenvalue weighted by molar-refractivity contribution is -0.204. The van der Waals surface area contributed by atoms with Gasteiger partial charge in [0.25, 0.3) is 5.91 Å². The van der Waals surface area contributed by atoms with Gasteiger partial charge in [0.15, 0.2) is 28.0 Å². The highest BCUT2D eigenvalue weighted by Crippen LogP contribution is 2.36. The Morgan fingerprint density at radius 1 is 0.667 bits per heavy atom. The summed E-state index contributed by atoms with van der Waals surface area (Å²) in [7, 11) is 0. The molecule has 0 bridgehead atoms. The Morgan fingerprint density at radius 3 is 1.47 bits per heavy atom. The summed E-state index contributed by atoms with van der Waals surface area (Å²) in [5.74, 6) is -1.78. The highest BCUT2D eigenvalue weighted by molar-refractivity contribution is 7.12. The van der Waals surface area contributed by atoms with Gasteiger partial charge in [-0.25, -0.2) is 23.5 Å². The molecule has 19 nitrogen and oxygen atoms in total. The molecule has 0 saturated carbocycles. The number of allylic oxidation sites excluding steroid dienone is 2. The lowest BCUT2D eigenvalue weighted by atomic mass is 9.94. The fourth-order valence-electron chi connectivity index (χ4n) is 8.74. The van der Waals surface area contributed by atoms with E-state index in [1.807, 2.05) is 161 Å². The summed E-state index contributed by atoms with van der Waals surface area (Å²) in [4.78, 5) is 91.1. The number of aromatic nitrogens is 2. The number of esters is 1. The largest absolute Gasteiger partial charge is 0.457 e. The van der Waals surface area contributed by atoms with Gasteiger partial charge in [0.05, 0.1) is 47.6 Å². The minimum absolute atomic E-state index is 0. The molecule has 2 aromatic heterocycles. The number of thiazole rings is 2. The molecule has 2 aliphatic rings. The van der Waals surface area contributed by atoms with Gasteiger partial charge in [-0.05, 0) is 108 Å². The lowest BCUT2D eigenvalue weighted by Crippen LogP contribution is -2.37. The molecule has 4 heterocycles. The molecular formula is C74H84Cl2F2N10O9S2. The SMILES string of the molecule is C.CC(=O)CC(=O)N[C@H](C)c1ccccc1.CC(=O)CC(=O)N[C@H](C)c1ccccc1.CC1=C(C(=O)N[C@H](C)c2ccccc2)[C@H](c2ccc(F)cc2Cl)N=C(c2nccs2)N1.CC1=CC(=O)OC(C)(C)O1.C[C@@H](N)c1ccccc1.N=C(N)c1nccs1.O=Cc1ccc(F)cc1Cl. The summed E-state index contributed by atoms with van der Waals surface area (Å²) in [6.45, 7) is 17.4. The van der Waals surface area contributed by atoms with Crippen molar-refractivity contribution >= 4 is 99.1 Å². The molecule has 10 rings (SSSR count). The maximum absolute atomic E-state index is 13.7. The van der Waals surface area contributed by atoms with Crippen molar-refractivity contribution in [3.63, 3.8) is 0 Å². The number of nitrogen functional groups attached to an aromatic ring is 1. The standard InChI is InChI=1S/C23H20ClFN4OS.2C12H15NO2.C8H11N.C7H4ClFO.C7H10O3.C4H5N3S.CH4/c1-13(15-6-4-3-5-7-15)28-22(30)19-14(2)27-21(23-26-10-11-31-23)29-20(19)17-9-8-16(25)12-18(17)24;2*1-9(14)8-12(15)13-10(2)11-6-4-3-5-7-11;1-7(9)8-5-3-2-4-6-8;8-7-3-6(9)2-1-5(7)4-10;1-5-4-6(8)10-7(2,3)9-5;5-3(6)4-7-1-2-8-4;/h3-13,20H,1-2H3,(H,27,29)(H,28,30);2*3-7,10H,8H2,1-2H3,(H,13,15);2-7H,9H2,1H3;1-4H;4H,1-3H3;1-2H,(H3,5,6);1H4/t13-,20+;2*10-;7-;;;;/m1111..../s1. The minimum atomic E-state index is -0.796. The van der Waals surface area contributed by atoms with Crippen LogP contribution in [0.2, 0.25) is 10.0 Å². The quantitative estimate of drug-likeness (QED) is 0.0156. The van der Waals surface area contributed by atoms with Gasteiger partial charge in [0, 0.05) is 64.9 Å². The number of ether oxygens (including phenoxy) is 2. The molecule has 524 valence electrons. The highest BCUT2D eigenvalue weighted by atomic mass is 35.5. The number of Topliss-reactive ketones (excluding diaryl/α,β-unsaturated/α-hetero) is 2. The van der Waals surface area contributed by atoms with Crippen LogP contribution in [0.5, 0.6) is 0 Å². The number of rotatable bonds is 16. The maximum atomic E-state index is 13.7. The van der Waals surface area contributed by atoms with Gasteiger partial charge in [-0.1, -0.05) is 158 Å². The summed E-state index contributed by atoms with van der Waals surface area (Å²) < 4.78 is 35.9. The molecule has 6 aromatic carbocycles. The normalized spacial score (nSPS) is 14.1. The van der Waals surface area contributed by atoms with Crippen molar-refractivity contribution in [1.29, 1.82) is 5.41 Å². The second-order valence-electron chi connectivity index (χ2n) is 22.2. The van der Waals surface area contributed by atoms with E-state index >= 15 is 0 Å². The van der Waals surface area contributed by atoms with Crippen molar-refractivity contribution in [2.24, 2.45) is 16.5 Å². The number of cyclic esters (lactones) is 1. The number of nitrogens with zero attached hydrogens (tertiary/aromatic N) is 3. The van der Waals surface area contributed by atoms with Crippen molar-refractivity contribution in [3.05, 3.63) is 269 Å². The second-order valence-corrected chi connectivity index (χ2v) is 24.8. The average molecular weight is 1430 g/mol. The molecule has 25 heteroatoms. The Morgan fingerprint density at radius 2 is 1.11 bits per heavy atom. The number of ketones is 2. The van der Waals surface area contributed by atoms with E-state index in [9.17, 15) is 42.3 Å². The third kappa shape index (κ3) is 30.6. The van der Waals surface area contributed by atoms with Gasteiger partial charge < -0.3 is 42.2 Å². The van der Waals surface area contributed by atoms with Crippen LogP contribution < -0.4 is 32.7 Å². The van der Waals surface area contributed by atoms with Crippen LogP contribution in [-0.2, 0) is 38.2 Å². The molecular weight excluding hydrogens is 1350 g/mol. The van der Waals surface area contributed by atoms with Crippen LogP contribution in [0.25, 0.3) is 0 Å². The predicted octanol–water partition coefficient (Wildman–Crippen LogP) is 15.1. The molecule has 0 saturated heterocycles. The number of carbonyl (C=O) groups excluding carboxylic acids is 7. The van der Waals surface area contributed by atoms with E-state index in [-0.39, 0.29) is 95.6 Å². The molecule has 5 atom stereocenters. The number of hydrogen-bond acceptors (Lipinski definition) is 17. The molecule has 8 aromatic rings. The fraction of sp³-hybridized carbons (Fsp3) is 0.257. The third-order valence-corrected chi connectivity index (χ3v) is 15.6. The fourth-order valence-corrected chi connectivity index (χ4v) is 10.3. The van der Waals surface area contributed by atoms with E-state index in [0.29, 0.717) is 50.3 Å². The smallest absolute Gasteiger partial charge is 0.337 e. The first-order chi connectivity index (χ1) is 46.5. The van der Waals surface area contributed by atoms with Gasteiger partial charge in [-0.3, -0.25) is 39.2 Å². The number of nitrogens with one attached hydrogen (secondary N) is 5. The second kappa shape index (κ2) is 42.7. The Kier molecular flexibility index (Phi) is 35.9. The number of benzene rings is 6. The molecule has 0 radical (unpaired) electrons. The maximum Gasteiger partial charge on any atom is 0.337 e. The monoisotopic (exact) mass is 1430 g/mol. The van der Waals surface area contributed by atoms with Crippen LogP contribution in [-0.4, -0.2) is 69.0 Å². The summed E-state index contributed by atoms with van der Waals surface area (Å²) in [6.07, 6.45) is 5.13. The molecule has 3 amide bonds. The van der Waals surface area contributed by atoms with Gasteiger partial charge in [0.1, 0.15) is 35.0 Å². The van der Waals surface area contributed by atoms with E-state index in [1.165, 1.54) is 72.4 Å². The third-order valence-electron chi connectivity index (χ3n) is 13.4. The molecule has 99 heavy (non-hydrogen) atoms. The zero-order valence-electron chi connectivity index (χ0n) is 55.8. The van der Waals surface area contributed by atoms with Crippen LogP contribution in [0.3, 0.4) is 0 Å². The van der Waals surface area contributed by atoms with Crippen molar-refractivity contribution in [1.82, 2.24) is 31.2 Å². The van der Waals surface area contributed by atoms with Crippen LogP contribution >= 0.6 is 45.9 Å². The summed E-state index contributed by atoms with van der Waals surface area (Å²) in [6, 6.07) is 45.9. The van der Waals surface area contributed by atoms with Gasteiger partial charge in [-0.15, -0.1) is 22.7 Å². The Balaban J connectivity index is 0.000000321. The first kappa shape index (κ1) is 83.3. The van der Waals surface area contributed by atoms with Crippen molar-refractivity contribution < 1.29 is 51.8 Å². The van der Waals surface area contributed by atoms with Gasteiger partial charge in [-0.2, -0.15) is 0 Å². The number of nitrogens with two attached hydrogens (primary N) is 2. The Labute approximate surface area is 595 Å². The van der Waals surface area contributed by atoms with Gasteiger partial charge in [0.2, 0.25) is 17.6 Å². The number of carbonyl (C=O) groups is 7. The average Bonchev–Trinajstić information content (AvgIpc) is 1.36. The number of hydrogen-bond donors (Lipinski definition) is 7. The molecule has 0 unspecified atom stereocenters. The molecule has 9 N–H and O–H groups in total. The van der Waals surface area contributed by atoms with E-state index < -0.39 is 23.5 Å². The van der Waals surface area contributed by atoms with Crippen molar-refractivity contribution in [3.8, 4) is 0 Å². The topological polar surface area (TPSA) is 300 Å². The zero-order chi connectivity index (χ0) is 72.5. The van der Waals surface area contributed by atoms with E-state index in [1.54, 1.807) is 44.6 Å². The summed E-state index contributed by atoms with van der Waals surface area (Å²) in [5.41, 5.74) is 16.9. The number of amides is 3. The van der Waals surface area contributed by atoms with Gasteiger partial charge >= 0.3 is 5.97 Å². The number of amidine groups is 2. The van der Waals surface area contributed by atoms with Crippen molar-refractivity contribution in [2.75, 3.05) is 0 Å². The lowest BCUT2D eigenvalue weighted by Gasteiger charge is -2.29. The molecule has 0 aliphatic carbocycles. The number of aldehydes is 1. The first-order valence-electron chi connectivity index (χ1n) is 30.5. The van der Waals surface area contributed by atoms with Crippen LogP contribution in [0.1, 0.15) is 168 Å². The minimum Gasteiger partial charge on any atom is -0.457 e. The number of halogens is 4. The van der Waals surface area contributed by atoms with Crippen LogP contribution in [0.15, 0.2) is 209 Å². The molecule has 2 aliphatic heterocycles. The zero-order valence-corrected chi connectivity index (χ0v) is 58.9. The predicted molar refractivity (Wildman–Crippen MR) is 389 cm³/mol. The van der Waals surface area contributed by atoms with E-state index in [4.69, 9.17) is 54.5 Å². The van der Waals surface area contributed by atoms with Crippen molar-refractivity contribution in [2.45, 2.75) is 126 Å². The molecule has 0 spiro atoms. The molecule has 0 fully saturated rings. The van der Waals surface area contributed by atoms with Crippen LogP contribution in [0, 0.1) is 17.0 Å². The number of aliphatic imine (C=N–C) groups is 1.